The van der Waals surface area contributed by atoms with Gasteiger partial charge in [-0.2, -0.15) is 0 Å². The van der Waals surface area contributed by atoms with Gasteiger partial charge < -0.3 is 14.4 Å². The van der Waals surface area contributed by atoms with E-state index in [1.54, 1.807) is 0 Å². The van der Waals surface area contributed by atoms with E-state index in [4.69, 9.17) is 9.47 Å². The van der Waals surface area contributed by atoms with Gasteiger partial charge in [0.15, 0.2) is 22.5 Å². The summed E-state index contributed by atoms with van der Waals surface area (Å²) in [6, 6.07) is 15.9. The van der Waals surface area contributed by atoms with E-state index in [0.29, 0.717) is 24.1 Å². The molecule has 0 spiro atoms. The fourth-order valence-corrected chi connectivity index (χ4v) is 4.78. The minimum atomic E-state index is 0.131. The van der Waals surface area contributed by atoms with Gasteiger partial charge in [0.1, 0.15) is 0 Å². The Balaban J connectivity index is 1.57. The number of carbonyl (C=O) groups excluding carboxylic acids is 1. The number of nitrogens with zero attached hydrogens (tertiary/aromatic N) is 4. The third-order valence-electron chi connectivity index (χ3n) is 5.38. The van der Waals surface area contributed by atoms with Gasteiger partial charge in [0.25, 0.3) is 0 Å². The summed E-state index contributed by atoms with van der Waals surface area (Å²) < 4.78 is 13.1. The number of aromatic nitrogens is 3. The zero-order valence-corrected chi connectivity index (χ0v) is 21.0. The van der Waals surface area contributed by atoms with Gasteiger partial charge in [-0.1, -0.05) is 75.9 Å². The highest BCUT2D eigenvalue weighted by Gasteiger charge is 2.21. The molecule has 1 amide bonds. The Morgan fingerprint density at radius 3 is 2.41 bits per heavy atom. The molecular weight excluding hydrogens is 448 g/mol. The number of fused-ring (bicyclic) bond motifs is 1. The average molecular weight is 481 g/mol. The van der Waals surface area contributed by atoms with Crippen LogP contribution in [0.1, 0.15) is 33.3 Å². The molecule has 2 aromatic carbocycles. The van der Waals surface area contributed by atoms with Gasteiger partial charge in [-0.3, -0.25) is 9.36 Å². The molecule has 1 aromatic heterocycles. The summed E-state index contributed by atoms with van der Waals surface area (Å²) in [6.07, 6.45) is 0. The van der Waals surface area contributed by atoms with E-state index in [-0.39, 0.29) is 12.7 Å². The predicted octanol–water partition coefficient (Wildman–Crippen LogP) is 4.95. The molecule has 0 saturated heterocycles. The molecule has 1 aliphatic heterocycles. The summed E-state index contributed by atoms with van der Waals surface area (Å²) in [5, 5.41) is 9.67. The Morgan fingerprint density at radius 2 is 1.71 bits per heavy atom. The zero-order chi connectivity index (χ0) is 24.1. The minimum absolute atomic E-state index is 0.131. The lowest BCUT2D eigenvalue weighted by Gasteiger charge is -2.26. The van der Waals surface area contributed by atoms with Crippen LogP contribution in [0.3, 0.4) is 0 Å². The molecule has 0 radical (unpaired) electrons. The van der Waals surface area contributed by atoms with E-state index in [1.165, 1.54) is 11.8 Å². The first-order valence-electron chi connectivity index (χ1n) is 11.7. The minimum Gasteiger partial charge on any atom is -0.454 e. The number of ether oxygens (including phenoxy) is 2. The van der Waals surface area contributed by atoms with Crippen molar-refractivity contribution in [1.82, 2.24) is 19.7 Å². The second kappa shape index (κ2) is 11.0. The molecule has 0 bridgehead atoms. The van der Waals surface area contributed by atoms with Crippen LogP contribution < -0.4 is 9.47 Å². The molecule has 0 atom stereocenters. The van der Waals surface area contributed by atoms with E-state index in [1.807, 2.05) is 53.4 Å². The molecule has 2 heterocycles. The first kappa shape index (κ1) is 24.1. The molecule has 8 heteroatoms. The highest BCUT2D eigenvalue weighted by atomic mass is 32.2. The molecule has 4 rings (SSSR count). The lowest BCUT2D eigenvalue weighted by atomic mass is 10.1. The van der Waals surface area contributed by atoms with Crippen molar-refractivity contribution in [1.29, 1.82) is 0 Å². The van der Waals surface area contributed by atoms with E-state index in [0.717, 1.165) is 46.7 Å². The van der Waals surface area contributed by atoms with Crippen molar-refractivity contribution in [2.24, 2.45) is 11.8 Å². The Labute approximate surface area is 205 Å². The van der Waals surface area contributed by atoms with Crippen molar-refractivity contribution >= 4 is 17.7 Å². The third kappa shape index (κ3) is 5.91. The molecule has 1 aliphatic rings. The van der Waals surface area contributed by atoms with Crippen molar-refractivity contribution in [3.05, 3.63) is 54.1 Å². The van der Waals surface area contributed by atoms with Gasteiger partial charge >= 0.3 is 0 Å². The number of carbonyl (C=O) groups is 1. The summed E-state index contributed by atoms with van der Waals surface area (Å²) in [6.45, 7) is 10.9. The SMILES string of the molecule is CC(C)CN(CC(C)C)C(=O)CSc1nnc(-c2ccccc2)n1Cc1ccc2c(c1)OCO2. The van der Waals surface area contributed by atoms with Crippen LogP contribution in [-0.4, -0.2) is 51.2 Å². The number of rotatable bonds is 10. The topological polar surface area (TPSA) is 69.5 Å². The molecule has 0 aliphatic carbocycles. The highest BCUT2D eigenvalue weighted by Crippen LogP contribution is 2.33. The van der Waals surface area contributed by atoms with Crippen LogP contribution >= 0.6 is 11.8 Å². The third-order valence-corrected chi connectivity index (χ3v) is 6.33. The second-order valence-corrected chi connectivity index (χ2v) is 10.3. The van der Waals surface area contributed by atoms with Gasteiger partial charge in [-0.25, -0.2) is 0 Å². The van der Waals surface area contributed by atoms with Crippen LogP contribution in [0.5, 0.6) is 11.5 Å². The van der Waals surface area contributed by atoms with Crippen LogP contribution in [0.15, 0.2) is 53.7 Å². The summed E-state index contributed by atoms with van der Waals surface area (Å²) in [4.78, 5) is 15.1. The molecule has 180 valence electrons. The normalized spacial score (nSPS) is 12.5. The van der Waals surface area contributed by atoms with Crippen LogP contribution in [0.4, 0.5) is 0 Å². The standard InChI is InChI=1S/C26H32N4O3S/c1-18(2)13-29(14-19(3)4)24(31)16-34-26-28-27-25(21-8-6-5-7-9-21)30(26)15-20-10-11-22-23(12-20)33-17-32-22/h5-12,18-19H,13-17H2,1-4H3. The largest absolute Gasteiger partial charge is 0.454 e. The molecule has 0 unspecified atom stereocenters. The Bertz CT molecular complexity index is 1100. The highest BCUT2D eigenvalue weighted by molar-refractivity contribution is 7.99. The molecule has 7 nitrogen and oxygen atoms in total. The van der Waals surface area contributed by atoms with Crippen LogP contribution in [0, 0.1) is 11.8 Å². The predicted molar refractivity (Wildman–Crippen MR) is 134 cm³/mol. The first-order chi connectivity index (χ1) is 16.4. The number of benzene rings is 2. The number of amides is 1. The summed E-state index contributed by atoms with van der Waals surface area (Å²) in [7, 11) is 0. The van der Waals surface area contributed by atoms with E-state index in [2.05, 4.69) is 42.5 Å². The quantitative estimate of drug-likeness (QED) is 0.382. The molecule has 34 heavy (non-hydrogen) atoms. The Kier molecular flexibility index (Phi) is 7.77. The van der Waals surface area contributed by atoms with Gasteiger partial charge in [-0.05, 0) is 29.5 Å². The molecule has 3 aromatic rings. The maximum Gasteiger partial charge on any atom is 0.233 e. The van der Waals surface area contributed by atoms with Crippen molar-refractivity contribution < 1.29 is 14.3 Å². The summed E-state index contributed by atoms with van der Waals surface area (Å²) in [5.74, 6) is 3.58. The van der Waals surface area contributed by atoms with Gasteiger partial charge in [-0.15, -0.1) is 10.2 Å². The van der Waals surface area contributed by atoms with Crippen LogP contribution in [-0.2, 0) is 11.3 Å². The lowest BCUT2D eigenvalue weighted by Crippen LogP contribution is -2.38. The van der Waals surface area contributed by atoms with Crippen molar-refractivity contribution in [2.45, 2.75) is 39.4 Å². The average Bonchev–Trinajstić information content (AvgIpc) is 3.43. The van der Waals surface area contributed by atoms with Crippen molar-refractivity contribution in [3.8, 4) is 22.9 Å². The van der Waals surface area contributed by atoms with Crippen molar-refractivity contribution in [3.63, 3.8) is 0 Å². The summed E-state index contributed by atoms with van der Waals surface area (Å²) in [5.41, 5.74) is 2.03. The van der Waals surface area contributed by atoms with Crippen LogP contribution in [0.25, 0.3) is 11.4 Å². The lowest BCUT2D eigenvalue weighted by molar-refractivity contribution is -0.129. The van der Waals surface area contributed by atoms with Crippen molar-refractivity contribution in [2.75, 3.05) is 25.6 Å². The Hall–Kier alpha value is -3.00. The molecular formula is C26H32N4O3S. The second-order valence-electron chi connectivity index (χ2n) is 9.32. The maximum atomic E-state index is 13.1. The monoisotopic (exact) mass is 480 g/mol. The van der Waals surface area contributed by atoms with E-state index < -0.39 is 0 Å². The fourth-order valence-electron chi connectivity index (χ4n) is 3.94. The van der Waals surface area contributed by atoms with E-state index in [9.17, 15) is 4.79 Å². The molecule has 0 fully saturated rings. The van der Waals surface area contributed by atoms with Crippen LogP contribution in [0.2, 0.25) is 0 Å². The van der Waals surface area contributed by atoms with E-state index >= 15 is 0 Å². The smallest absolute Gasteiger partial charge is 0.233 e. The number of thioether (sulfide) groups is 1. The molecule has 0 saturated carbocycles. The van der Waals surface area contributed by atoms with Gasteiger partial charge in [0.05, 0.1) is 12.3 Å². The summed E-state index contributed by atoms with van der Waals surface area (Å²) >= 11 is 1.44. The fraction of sp³-hybridized carbons (Fsp3) is 0.423. The van der Waals surface area contributed by atoms with Gasteiger partial charge in [0, 0.05) is 18.7 Å². The van der Waals surface area contributed by atoms with Gasteiger partial charge in [0.2, 0.25) is 12.7 Å². The molecule has 0 N–H and O–H groups in total. The zero-order valence-electron chi connectivity index (χ0n) is 20.2. The number of hydrogen-bond donors (Lipinski definition) is 0. The Morgan fingerprint density at radius 1 is 1.00 bits per heavy atom. The number of hydrogen-bond acceptors (Lipinski definition) is 6. The first-order valence-corrected chi connectivity index (χ1v) is 12.7. The maximum absolute atomic E-state index is 13.1.